The number of fused-ring (bicyclic) bond motifs is 1. The summed E-state index contributed by atoms with van der Waals surface area (Å²) in [5, 5.41) is 7.08. The summed E-state index contributed by atoms with van der Waals surface area (Å²) in [6, 6.07) is 12.9. The molecule has 0 fully saturated rings. The van der Waals surface area contributed by atoms with Gasteiger partial charge in [-0.2, -0.15) is 0 Å². The lowest BCUT2D eigenvalue weighted by Gasteiger charge is -2.28. The Bertz CT molecular complexity index is 746. The Morgan fingerprint density at radius 2 is 2.12 bits per heavy atom. The highest BCUT2D eigenvalue weighted by atomic mass is 35.5. The van der Waals surface area contributed by atoms with Crippen LogP contribution in [-0.2, 0) is 6.42 Å². The van der Waals surface area contributed by atoms with Crippen LogP contribution in [0.25, 0.3) is 0 Å². The summed E-state index contributed by atoms with van der Waals surface area (Å²) in [5.41, 5.74) is 1.64. The third-order valence-electron chi connectivity index (χ3n) is 4.22. The molecule has 1 unspecified atom stereocenters. The van der Waals surface area contributed by atoms with Crippen LogP contribution in [0.3, 0.4) is 0 Å². The highest BCUT2D eigenvalue weighted by Crippen LogP contribution is 2.31. The van der Waals surface area contributed by atoms with Gasteiger partial charge < -0.3 is 15.4 Å². The number of para-hydroxylation sites is 1. The van der Waals surface area contributed by atoms with Gasteiger partial charge in [0.15, 0.2) is 5.96 Å². The molecule has 1 atom stereocenters. The minimum Gasteiger partial charge on any atom is -0.493 e. The summed E-state index contributed by atoms with van der Waals surface area (Å²) < 4.78 is 19.5. The third-order valence-corrected chi connectivity index (χ3v) is 4.58. The molecule has 3 rings (SSSR count). The number of nitrogens with zero attached hydrogens (tertiary/aromatic N) is 1. The van der Waals surface area contributed by atoms with Gasteiger partial charge in [-0.1, -0.05) is 35.9 Å². The fourth-order valence-corrected chi connectivity index (χ4v) is 3.19. The molecule has 25 heavy (non-hydrogen) atoms. The Balaban J connectivity index is 1.59. The monoisotopic (exact) mass is 361 g/mol. The summed E-state index contributed by atoms with van der Waals surface area (Å²) in [7, 11) is 1.72. The van der Waals surface area contributed by atoms with Crippen molar-refractivity contribution in [3.63, 3.8) is 0 Å². The lowest BCUT2D eigenvalue weighted by Crippen LogP contribution is -2.41. The quantitative estimate of drug-likeness (QED) is 0.644. The number of aliphatic imine (C=N–C) groups is 1. The van der Waals surface area contributed by atoms with Gasteiger partial charge >= 0.3 is 0 Å². The summed E-state index contributed by atoms with van der Waals surface area (Å²) in [6.45, 7) is 1.20. The smallest absolute Gasteiger partial charge is 0.191 e. The van der Waals surface area contributed by atoms with E-state index in [9.17, 15) is 4.39 Å². The normalized spacial score (nSPS) is 16.8. The zero-order chi connectivity index (χ0) is 17.6. The van der Waals surface area contributed by atoms with Gasteiger partial charge in [0.25, 0.3) is 0 Å². The largest absolute Gasteiger partial charge is 0.493 e. The molecule has 2 N–H and O–H groups in total. The average molecular weight is 362 g/mol. The first kappa shape index (κ1) is 17.5. The van der Waals surface area contributed by atoms with Crippen molar-refractivity contribution in [3.05, 3.63) is 64.4 Å². The summed E-state index contributed by atoms with van der Waals surface area (Å²) in [5.74, 6) is 1.30. The van der Waals surface area contributed by atoms with Crippen LogP contribution in [0.4, 0.5) is 4.39 Å². The molecule has 0 saturated carbocycles. The first-order valence-corrected chi connectivity index (χ1v) is 8.68. The SMILES string of the molecule is CN=C(NCCc1c(F)cccc1Cl)NC1CCOc2ccccc21. The van der Waals surface area contributed by atoms with Gasteiger partial charge in [0, 0.05) is 36.2 Å². The van der Waals surface area contributed by atoms with Gasteiger partial charge in [-0.3, -0.25) is 4.99 Å². The predicted octanol–water partition coefficient (Wildman–Crippen LogP) is 3.71. The molecule has 6 heteroatoms. The minimum atomic E-state index is -0.282. The maximum absolute atomic E-state index is 13.8. The van der Waals surface area contributed by atoms with Crippen LogP contribution in [0, 0.1) is 5.82 Å². The Hall–Kier alpha value is -2.27. The Morgan fingerprint density at radius 1 is 1.28 bits per heavy atom. The standard InChI is InChI=1S/C19H21ClFN3O/c1-22-19(23-11-9-13-15(20)6-4-7-16(13)21)24-17-10-12-25-18-8-3-2-5-14(17)18/h2-8,17H,9-12H2,1H3,(H2,22,23,24). The van der Waals surface area contributed by atoms with E-state index in [0.29, 0.717) is 36.1 Å². The van der Waals surface area contributed by atoms with Crippen molar-refractivity contribution < 1.29 is 9.13 Å². The molecule has 0 radical (unpaired) electrons. The minimum absolute atomic E-state index is 0.133. The molecule has 0 amide bonds. The van der Waals surface area contributed by atoms with Crippen LogP contribution in [0.5, 0.6) is 5.75 Å². The molecule has 0 saturated heterocycles. The fourth-order valence-electron chi connectivity index (χ4n) is 2.93. The molecular formula is C19H21ClFN3O. The van der Waals surface area contributed by atoms with Gasteiger partial charge in [-0.05, 0) is 24.6 Å². The lowest BCUT2D eigenvalue weighted by atomic mass is 10.0. The fraction of sp³-hybridized carbons (Fsp3) is 0.316. The van der Waals surface area contributed by atoms with Crippen LogP contribution in [0.1, 0.15) is 23.6 Å². The maximum Gasteiger partial charge on any atom is 0.191 e. The molecule has 2 aromatic carbocycles. The molecule has 1 aliphatic rings. The van der Waals surface area contributed by atoms with Crippen LogP contribution >= 0.6 is 11.6 Å². The number of guanidine groups is 1. The highest BCUT2D eigenvalue weighted by Gasteiger charge is 2.21. The highest BCUT2D eigenvalue weighted by molar-refractivity contribution is 6.31. The first-order valence-electron chi connectivity index (χ1n) is 8.31. The zero-order valence-electron chi connectivity index (χ0n) is 14.1. The van der Waals surface area contributed by atoms with E-state index in [4.69, 9.17) is 16.3 Å². The number of hydrogen-bond acceptors (Lipinski definition) is 2. The lowest BCUT2D eigenvalue weighted by molar-refractivity contribution is 0.261. The molecule has 0 bridgehead atoms. The summed E-state index contributed by atoms with van der Waals surface area (Å²) >= 11 is 6.06. The second-order valence-corrected chi connectivity index (χ2v) is 6.23. The number of hydrogen-bond donors (Lipinski definition) is 2. The van der Waals surface area contributed by atoms with E-state index < -0.39 is 0 Å². The van der Waals surface area contributed by atoms with Crippen molar-refractivity contribution in [2.75, 3.05) is 20.2 Å². The van der Waals surface area contributed by atoms with Gasteiger partial charge in [0.05, 0.1) is 12.6 Å². The third kappa shape index (κ3) is 4.23. The van der Waals surface area contributed by atoms with Crippen molar-refractivity contribution >= 4 is 17.6 Å². The number of nitrogens with one attached hydrogen (secondary N) is 2. The Labute approximate surface area is 152 Å². The van der Waals surface area contributed by atoms with Crippen molar-refractivity contribution in [3.8, 4) is 5.75 Å². The van der Waals surface area contributed by atoms with Crippen LogP contribution in [-0.4, -0.2) is 26.2 Å². The van der Waals surface area contributed by atoms with E-state index in [0.717, 1.165) is 17.7 Å². The van der Waals surface area contributed by atoms with E-state index in [1.54, 1.807) is 19.2 Å². The van der Waals surface area contributed by atoms with E-state index >= 15 is 0 Å². The van der Waals surface area contributed by atoms with Gasteiger partial charge in [0.2, 0.25) is 0 Å². The number of ether oxygens (including phenoxy) is 1. The molecule has 4 nitrogen and oxygen atoms in total. The van der Waals surface area contributed by atoms with Crippen LogP contribution < -0.4 is 15.4 Å². The second-order valence-electron chi connectivity index (χ2n) is 5.82. The number of rotatable bonds is 4. The van der Waals surface area contributed by atoms with Gasteiger partial charge in [-0.15, -0.1) is 0 Å². The molecule has 132 valence electrons. The second kappa shape index (κ2) is 8.21. The van der Waals surface area contributed by atoms with E-state index in [1.165, 1.54) is 6.07 Å². The number of halogens is 2. The molecule has 1 aliphatic heterocycles. The molecular weight excluding hydrogens is 341 g/mol. The summed E-state index contributed by atoms with van der Waals surface area (Å²) in [4.78, 5) is 4.26. The topological polar surface area (TPSA) is 45.7 Å². The molecule has 0 aliphatic carbocycles. The molecule has 1 heterocycles. The predicted molar refractivity (Wildman–Crippen MR) is 98.9 cm³/mol. The van der Waals surface area contributed by atoms with E-state index in [-0.39, 0.29) is 11.9 Å². The molecule has 0 spiro atoms. The molecule has 0 aromatic heterocycles. The van der Waals surface area contributed by atoms with Gasteiger partial charge in [0.1, 0.15) is 11.6 Å². The zero-order valence-corrected chi connectivity index (χ0v) is 14.8. The summed E-state index contributed by atoms with van der Waals surface area (Å²) in [6.07, 6.45) is 1.34. The van der Waals surface area contributed by atoms with Crippen molar-refractivity contribution in [2.45, 2.75) is 18.9 Å². The van der Waals surface area contributed by atoms with Crippen molar-refractivity contribution in [1.29, 1.82) is 0 Å². The van der Waals surface area contributed by atoms with Crippen molar-refractivity contribution in [2.24, 2.45) is 4.99 Å². The maximum atomic E-state index is 13.8. The van der Waals surface area contributed by atoms with E-state index in [2.05, 4.69) is 21.7 Å². The van der Waals surface area contributed by atoms with Crippen LogP contribution in [0.2, 0.25) is 5.02 Å². The molecule has 2 aromatic rings. The Kier molecular flexibility index (Phi) is 5.76. The average Bonchev–Trinajstić information content (AvgIpc) is 2.63. The van der Waals surface area contributed by atoms with Gasteiger partial charge in [-0.25, -0.2) is 4.39 Å². The van der Waals surface area contributed by atoms with Crippen LogP contribution in [0.15, 0.2) is 47.5 Å². The first-order chi connectivity index (χ1) is 12.2. The van der Waals surface area contributed by atoms with E-state index in [1.807, 2.05) is 18.2 Å². The Morgan fingerprint density at radius 3 is 2.92 bits per heavy atom. The number of benzene rings is 2. The van der Waals surface area contributed by atoms with Crippen molar-refractivity contribution in [1.82, 2.24) is 10.6 Å².